The fraction of sp³-hybridized carbons (Fsp3) is 0.474. The number of halogens is 4. The minimum atomic E-state index is -4.18. The van der Waals surface area contributed by atoms with Crippen molar-refractivity contribution in [1.82, 2.24) is 14.7 Å². The molecule has 1 aliphatic heterocycles. The third kappa shape index (κ3) is 5.36. The summed E-state index contributed by atoms with van der Waals surface area (Å²) < 4.78 is 64.2. The van der Waals surface area contributed by atoms with E-state index in [-0.39, 0.29) is 22.2 Å². The number of likely N-dealkylation sites (tertiary alicyclic amines) is 1. The predicted octanol–water partition coefficient (Wildman–Crippen LogP) is 3.36. The number of carbonyl (C=O) groups excluding carboxylic acids is 1. The van der Waals surface area contributed by atoms with E-state index in [1.165, 1.54) is 29.3 Å². The summed E-state index contributed by atoms with van der Waals surface area (Å²) in [5.41, 5.74) is 0.735. The lowest BCUT2D eigenvalue weighted by atomic mass is 9.60. The lowest BCUT2D eigenvalue weighted by Gasteiger charge is -2.59. The zero-order valence-electron chi connectivity index (χ0n) is 17.0. The van der Waals surface area contributed by atoms with Crippen LogP contribution in [0.4, 0.5) is 24.5 Å². The molecule has 2 fully saturated rings. The Bertz CT molecular complexity index is 1140. The second kappa shape index (κ2) is 7.92. The van der Waals surface area contributed by atoms with Crippen molar-refractivity contribution < 1.29 is 26.4 Å². The van der Waals surface area contributed by atoms with Gasteiger partial charge in [0.25, 0.3) is 5.91 Å². The number of aromatic nitrogens is 2. The molecule has 1 saturated heterocycles. The Morgan fingerprint density at radius 3 is 2.53 bits per heavy atom. The van der Waals surface area contributed by atoms with Crippen LogP contribution < -0.4 is 10.0 Å². The highest BCUT2D eigenvalue weighted by Crippen LogP contribution is 2.54. The molecule has 0 unspecified atom stereocenters. The smallest absolute Gasteiger partial charge is 0.322 e. The van der Waals surface area contributed by atoms with Crippen molar-refractivity contribution in [1.29, 1.82) is 0 Å². The van der Waals surface area contributed by atoms with Gasteiger partial charge in [0.2, 0.25) is 10.0 Å². The number of hydrogen-bond acceptors (Lipinski definition) is 5. The molecule has 2 heterocycles. The molecular weight excluding hydrogens is 471 g/mol. The summed E-state index contributed by atoms with van der Waals surface area (Å²) in [6.07, 6.45) is 1.27. The van der Waals surface area contributed by atoms with Crippen LogP contribution in [0.5, 0.6) is 0 Å². The molecule has 0 atom stereocenters. The summed E-state index contributed by atoms with van der Waals surface area (Å²) in [5, 5.41) is 7.13. The van der Waals surface area contributed by atoms with E-state index in [1.807, 2.05) is 0 Å². The Kier molecular flexibility index (Phi) is 5.66. The van der Waals surface area contributed by atoms with E-state index in [0.29, 0.717) is 24.3 Å². The zero-order chi connectivity index (χ0) is 23.3. The Balaban J connectivity index is 1.34. The van der Waals surface area contributed by atoms with Crippen LogP contribution in [0.2, 0.25) is 5.02 Å². The van der Waals surface area contributed by atoms with Crippen molar-refractivity contribution >= 4 is 38.9 Å². The van der Waals surface area contributed by atoms with Gasteiger partial charge in [-0.15, -0.1) is 0 Å². The van der Waals surface area contributed by atoms with E-state index in [9.17, 15) is 26.4 Å². The van der Waals surface area contributed by atoms with Crippen LogP contribution in [0.15, 0.2) is 30.6 Å². The van der Waals surface area contributed by atoms with Gasteiger partial charge in [0.1, 0.15) is 0 Å². The number of sulfonamides is 1. The number of benzene rings is 1. The van der Waals surface area contributed by atoms with E-state index in [2.05, 4.69) is 15.1 Å². The van der Waals surface area contributed by atoms with Gasteiger partial charge in [0.05, 0.1) is 36.3 Å². The third-order valence-corrected chi connectivity index (χ3v) is 6.38. The maximum Gasteiger partial charge on any atom is 0.401 e. The summed E-state index contributed by atoms with van der Waals surface area (Å²) in [5.74, 6) is -0.446. The van der Waals surface area contributed by atoms with Crippen LogP contribution in [-0.2, 0) is 10.0 Å². The standard InChI is InChI=1S/C19H21ClF3N5O3S/c1-32(30,31)26-15-3-13(20)2-14(4-15)25-17(29)12-7-24-28(8-12)16-5-18(6-16)9-27(10-18)11-19(21,22)23/h2-4,7-8,16,26H,5-6,9-11H2,1H3,(H,25,29). The van der Waals surface area contributed by atoms with Crippen molar-refractivity contribution in [2.45, 2.75) is 25.1 Å². The largest absolute Gasteiger partial charge is 0.401 e. The van der Waals surface area contributed by atoms with Gasteiger partial charge in [-0.25, -0.2) is 8.42 Å². The fourth-order valence-corrected chi connectivity index (χ4v) is 5.23. The fourth-order valence-electron chi connectivity index (χ4n) is 4.45. The number of nitrogens with zero attached hydrogens (tertiary/aromatic N) is 3. The molecule has 13 heteroatoms. The van der Waals surface area contributed by atoms with E-state index in [4.69, 9.17) is 11.6 Å². The molecule has 1 aromatic carbocycles. The van der Waals surface area contributed by atoms with Gasteiger partial charge in [-0.3, -0.25) is 19.1 Å². The number of hydrogen-bond donors (Lipinski definition) is 2. The minimum absolute atomic E-state index is 0.0429. The van der Waals surface area contributed by atoms with Crippen molar-refractivity contribution in [2.75, 3.05) is 35.9 Å². The van der Waals surface area contributed by atoms with Gasteiger partial charge in [-0.05, 0) is 36.5 Å². The minimum Gasteiger partial charge on any atom is -0.322 e. The van der Waals surface area contributed by atoms with Gasteiger partial charge >= 0.3 is 6.18 Å². The summed E-state index contributed by atoms with van der Waals surface area (Å²) in [7, 11) is -3.51. The average molecular weight is 492 g/mol. The van der Waals surface area contributed by atoms with Crippen molar-refractivity contribution in [3.63, 3.8) is 0 Å². The summed E-state index contributed by atoms with van der Waals surface area (Å²) >= 11 is 6.00. The van der Waals surface area contributed by atoms with E-state index in [1.54, 1.807) is 10.9 Å². The second-order valence-corrected chi connectivity index (χ2v) is 10.8. The topological polar surface area (TPSA) is 96.3 Å². The van der Waals surface area contributed by atoms with Gasteiger partial charge in [0, 0.05) is 30.0 Å². The van der Waals surface area contributed by atoms with E-state index < -0.39 is 28.7 Å². The SMILES string of the molecule is CS(=O)(=O)Nc1cc(Cl)cc(NC(=O)c2cnn(C3CC4(C3)CN(CC(F)(F)F)C4)c2)c1. The van der Waals surface area contributed by atoms with E-state index >= 15 is 0 Å². The Labute approximate surface area is 187 Å². The molecule has 2 aromatic rings. The quantitative estimate of drug-likeness (QED) is 0.646. The van der Waals surface area contributed by atoms with Gasteiger partial charge in [-0.2, -0.15) is 18.3 Å². The Hall–Kier alpha value is -2.31. The highest BCUT2D eigenvalue weighted by molar-refractivity contribution is 7.92. The second-order valence-electron chi connectivity index (χ2n) is 8.59. The number of alkyl halides is 3. The molecule has 8 nitrogen and oxygen atoms in total. The zero-order valence-corrected chi connectivity index (χ0v) is 18.6. The normalized spacial score (nSPS) is 18.8. The molecule has 0 bridgehead atoms. The average Bonchev–Trinajstić information content (AvgIpc) is 3.02. The molecular formula is C19H21ClF3N5O3S. The Morgan fingerprint density at radius 2 is 1.91 bits per heavy atom. The van der Waals surface area contributed by atoms with Crippen molar-refractivity contribution in [3.8, 4) is 0 Å². The molecule has 2 N–H and O–H groups in total. The van der Waals surface area contributed by atoms with Gasteiger partial charge < -0.3 is 5.32 Å². The molecule has 174 valence electrons. The number of nitrogens with one attached hydrogen (secondary N) is 2. The molecule has 1 aliphatic carbocycles. The summed E-state index contributed by atoms with van der Waals surface area (Å²) in [6.45, 7) is -0.0249. The monoisotopic (exact) mass is 491 g/mol. The van der Waals surface area contributed by atoms with Crippen LogP contribution >= 0.6 is 11.6 Å². The molecule has 0 radical (unpaired) electrons. The highest BCUT2D eigenvalue weighted by Gasteiger charge is 2.54. The molecule has 1 amide bonds. The third-order valence-electron chi connectivity index (χ3n) is 5.55. The summed E-state index contributed by atoms with van der Waals surface area (Å²) in [6, 6.07) is 4.38. The van der Waals surface area contributed by atoms with Crippen LogP contribution in [0, 0.1) is 5.41 Å². The Morgan fingerprint density at radius 1 is 1.25 bits per heavy atom. The van der Waals surface area contributed by atoms with E-state index in [0.717, 1.165) is 19.1 Å². The molecule has 1 aromatic heterocycles. The van der Waals surface area contributed by atoms with Gasteiger partial charge in [-0.1, -0.05) is 11.6 Å². The predicted molar refractivity (Wildman–Crippen MR) is 113 cm³/mol. The highest BCUT2D eigenvalue weighted by atomic mass is 35.5. The van der Waals surface area contributed by atoms with Crippen LogP contribution in [0.25, 0.3) is 0 Å². The molecule has 1 spiro atoms. The number of rotatable bonds is 6. The lowest BCUT2D eigenvalue weighted by molar-refractivity contribution is -0.185. The van der Waals surface area contributed by atoms with Crippen LogP contribution in [0.1, 0.15) is 29.2 Å². The van der Waals surface area contributed by atoms with Crippen molar-refractivity contribution in [3.05, 3.63) is 41.2 Å². The molecule has 4 rings (SSSR count). The number of amides is 1. The first-order chi connectivity index (χ1) is 14.8. The first kappa shape index (κ1) is 22.9. The lowest BCUT2D eigenvalue weighted by Crippen LogP contribution is -2.63. The maximum absolute atomic E-state index is 12.6. The van der Waals surface area contributed by atoms with Gasteiger partial charge in [0.15, 0.2) is 0 Å². The van der Waals surface area contributed by atoms with Crippen LogP contribution in [-0.4, -0.2) is 61.1 Å². The molecule has 1 saturated carbocycles. The molecule has 32 heavy (non-hydrogen) atoms. The van der Waals surface area contributed by atoms with Crippen molar-refractivity contribution in [2.24, 2.45) is 5.41 Å². The number of carbonyl (C=O) groups is 1. The summed E-state index contributed by atoms with van der Waals surface area (Å²) in [4.78, 5) is 14.0. The first-order valence-corrected chi connectivity index (χ1v) is 12.0. The number of anilines is 2. The first-order valence-electron chi connectivity index (χ1n) is 9.72. The molecule has 2 aliphatic rings. The van der Waals surface area contributed by atoms with Crippen LogP contribution in [0.3, 0.4) is 0 Å². The maximum atomic E-state index is 12.6.